The smallest absolute Gasteiger partial charge is 0.349 e. The van der Waals surface area contributed by atoms with Gasteiger partial charge in [-0.3, -0.25) is 10.1 Å². The van der Waals surface area contributed by atoms with Crippen molar-refractivity contribution in [1.29, 1.82) is 5.26 Å². The Morgan fingerprint density at radius 1 is 1.15 bits per heavy atom. The number of hydrogen-bond acceptors (Lipinski definition) is 8. The van der Waals surface area contributed by atoms with Gasteiger partial charge >= 0.3 is 5.97 Å². The van der Waals surface area contributed by atoms with E-state index in [1.165, 1.54) is 54.6 Å². The Bertz CT molecular complexity index is 1350. The lowest BCUT2D eigenvalue weighted by Gasteiger charge is -2.26. The first-order valence-electron chi connectivity index (χ1n) is 9.90. The highest BCUT2D eigenvalue weighted by atomic mass is 19.1. The third-order valence-corrected chi connectivity index (χ3v) is 5.01. The van der Waals surface area contributed by atoms with Crippen molar-refractivity contribution in [1.82, 2.24) is 0 Å². The number of nitrogens with zero attached hydrogens (tertiary/aromatic N) is 2. The van der Waals surface area contributed by atoms with Gasteiger partial charge in [0.2, 0.25) is 5.88 Å². The molecule has 34 heavy (non-hydrogen) atoms. The topological polar surface area (TPSA) is 138 Å². The Morgan fingerprint density at radius 2 is 1.88 bits per heavy atom. The molecule has 0 aliphatic carbocycles. The van der Waals surface area contributed by atoms with Crippen LogP contribution in [0.25, 0.3) is 0 Å². The van der Waals surface area contributed by atoms with Crippen LogP contribution in [-0.4, -0.2) is 17.5 Å². The lowest BCUT2D eigenvalue weighted by atomic mass is 9.83. The summed E-state index contributed by atoms with van der Waals surface area (Å²) < 4.78 is 30.0. The van der Waals surface area contributed by atoms with Crippen molar-refractivity contribution in [2.24, 2.45) is 5.73 Å². The summed E-state index contributed by atoms with van der Waals surface area (Å²) in [4.78, 5) is 22.3. The average Bonchev–Trinajstić information content (AvgIpc) is 2.82. The second kappa shape index (κ2) is 9.30. The number of allylic oxidation sites excluding steroid dienone is 1. The molecule has 1 aliphatic rings. The predicted molar refractivity (Wildman–Crippen MR) is 116 cm³/mol. The number of esters is 1. The van der Waals surface area contributed by atoms with Crippen LogP contribution in [0.1, 0.15) is 17.0 Å². The minimum atomic E-state index is -0.725. The monoisotopic (exact) mass is 461 g/mol. The number of carbonyl (C=O) groups is 1. The van der Waals surface area contributed by atoms with Crippen LogP contribution in [0.3, 0.4) is 0 Å². The number of fused-ring (bicyclic) bond motifs is 1. The minimum Gasteiger partial charge on any atom is -0.482 e. The average molecular weight is 461 g/mol. The zero-order chi connectivity index (χ0) is 24.2. The first-order chi connectivity index (χ1) is 16.4. The van der Waals surface area contributed by atoms with Gasteiger partial charge in [0.25, 0.3) is 5.69 Å². The van der Waals surface area contributed by atoms with Gasteiger partial charge in [-0.1, -0.05) is 18.2 Å². The summed E-state index contributed by atoms with van der Waals surface area (Å²) in [7, 11) is 0. The molecule has 1 heterocycles. The molecule has 0 aromatic heterocycles. The second-order valence-electron chi connectivity index (χ2n) is 7.19. The van der Waals surface area contributed by atoms with Gasteiger partial charge < -0.3 is 19.9 Å². The Morgan fingerprint density at radius 3 is 2.56 bits per heavy atom. The van der Waals surface area contributed by atoms with Crippen molar-refractivity contribution in [3.63, 3.8) is 0 Å². The quantitative estimate of drug-likeness (QED) is 0.252. The van der Waals surface area contributed by atoms with E-state index in [2.05, 4.69) is 0 Å². The number of benzene rings is 3. The molecule has 0 saturated carbocycles. The van der Waals surface area contributed by atoms with E-state index in [9.17, 15) is 24.6 Å². The van der Waals surface area contributed by atoms with E-state index in [4.69, 9.17) is 19.9 Å². The van der Waals surface area contributed by atoms with Crippen LogP contribution in [0.5, 0.6) is 17.2 Å². The molecule has 0 bridgehead atoms. The molecule has 3 aromatic carbocycles. The summed E-state index contributed by atoms with van der Waals surface area (Å²) in [5.74, 6) is -1.31. The van der Waals surface area contributed by atoms with Crippen molar-refractivity contribution in [3.05, 3.63) is 105 Å². The highest BCUT2D eigenvalue weighted by Gasteiger charge is 2.31. The van der Waals surface area contributed by atoms with Crippen LogP contribution in [0, 0.1) is 27.3 Å². The van der Waals surface area contributed by atoms with Crippen LogP contribution in [0.15, 0.2) is 78.2 Å². The Balaban J connectivity index is 1.50. The van der Waals surface area contributed by atoms with Gasteiger partial charge in [-0.25, -0.2) is 9.18 Å². The van der Waals surface area contributed by atoms with Crippen molar-refractivity contribution in [2.45, 2.75) is 5.92 Å². The van der Waals surface area contributed by atoms with E-state index < -0.39 is 29.2 Å². The highest BCUT2D eigenvalue weighted by Crippen LogP contribution is 2.43. The molecular formula is C24H16FN3O6. The molecule has 9 nitrogen and oxygen atoms in total. The van der Waals surface area contributed by atoms with Crippen LogP contribution in [0.4, 0.5) is 10.1 Å². The molecule has 3 aromatic rings. The van der Waals surface area contributed by atoms with E-state index in [1.807, 2.05) is 6.07 Å². The second-order valence-corrected chi connectivity index (χ2v) is 7.19. The summed E-state index contributed by atoms with van der Waals surface area (Å²) in [5, 5.41) is 20.3. The summed E-state index contributed by atoms with van der Waals surface area (Å²) in [6.07, 6.45) is 0. The zero-order valence-electron chi connectivity index (χ0n) is 17.4. The number of nitro benzene ring substituents is 1. The molecule has 0 saturated heterocycles. The maximum absolute atomic E-state index is 13.8. The van der Waals surface area contributed by atoms with E-state index in [-0.39, 0.29) is 34.4 Å². The van der Waals surface area contributed by atoms with Gasteiger partial charge in [-0.15, -0.1) is 0 Å². The Kier molecular flexibility index (Phi) is 6.09. The first-order valence-corrected chi connectivity index (χ1v) is 9.90. The fourth-order valence-electron chi connectivity index (χ4n) is 3.50. The maximum atomic E-state index is 13.8. The van der Waals surface area contributed by atoms with Crippen LogP contribution < -0.4 is 19.9 Å². The summed E-state index contributed by atoms with van der Waals surface area (Å²) >= 11 is 0. The third kappa shape index (κ3) is 4.63. The molecule has 1 atom stereocenters. The van der Waals surface area contributed by atoms with Crippen molar-refractivity contribution < 1.29 is 28.3 Å². The number of nitro groups is 1. The molecule has 1 aliphatic heterocycles. The van der Waals surface area contributed by atoms with Gasteiger partial charge in [-0.2, -0.15) is 5.26 Å². The first kappa shape index (κ1) is 22.3. The lowest BCUT2D eigenvalue weighted by Crippen LogP contribution is -2.21. The molecule has 4 rings (SSSR count). The van der Waals surface area contributed by atoms with Crippen LogP contribution >= 0.6 is 0 Å². The van der Waals surface area contributed by atoms with E-state index >= 15 is 0 Å². The van der Waals surface area contributed by atoms with E-state index in [0.29, 0.717) is 11.1 Å². The van der Waals surface area contributed by atoms with E-state index in [1.54, 1.807) is 12.1 Å². The Hall–Kier alpha value is -4.91. The fourth-order valence-corrected chi connectivity index (χ4v) is 3.50. The molecule has 0 fully saturated rings. The molecular weight excluding hydrogens is 445 g/mol. The Labute approximate surface area is 192 Å². The number of nitriles is 1. The highest BCUT2D eigenvalue weighted by molar-refractivity contribution is 5.74. The lowest BCUT2D eigenvalue weighted by molar-refractivity contribution is -0.384. The van der Waals surface area contributed by atoms with Crippen molar-refractivity contribution in [3.8, 4) is 23.3 Å². The van der Waals surface area contributed by atoms with Crippen LogP contribution in [-0.2, 0) is 4.79 Å². The largest absolute Gasteiger partial charge is 0.482 e. The number of rotatable bonds is 6. The van der Waals surface area contributed by atoms with Gasteiger partial charge in [0.1, 0.15) is 34.7 Å². The minimum absolute atomic E-state index is 0.103. The number of carbonyl (C=O) groups excluding carboxylic acids is 1. The predicted octanol–water partition coefficient (Wildman–Crippen LogP) is 3.94. The summed E-state index contributed by atoms with van der Waals surface area (Å²) in [6, 6.07) is 17.6. The number of ether oxygens (including phenoxy) is 3. The van der Waals surface area contributed by atoms with Gasteiger partial charge in [-0.05, 0) is 35.9 Å². The number of hydrogen-bond donors (Lipinski definition) is 1. The van der Waals surface area contributed by atoms with Crippen LogP contribution in [0.2, 0.25) is 0 Å². The van der Waals surface area contributed by atoms with Crippen molar-refractivity contribution >= 4 is 11.7 Å². The number of halogens is 1. The molecule has 1 unspecified atom stereocenters. The standard InChI is InChI=1S/C24H16FN3O6/c25-15-3-1-2-14(10-15)23-19-9-8-18(11-21(19)34-24(27)20(23)12-26)33-22(29)13-32-17-6-4-16(5-7-17)28(30)31/h1-11,23H,13,27H2. The third-order valence-electron chi connectivity index (χ3n) is 5.01. The molecule has 2 N–H and O–H groups in total. The van der Waals surface area contributed by atoms with E-state index in [0.717, 1.165) is 0 Å². The zero-order valence-corrected chi connectivity index (χ0v) is 17.4. The maximum Gasteiger partial charge on any atom is 0.349 e. The summed E-state index contributed by atoms with van der Waals surface area (Å²) in [5.41, 5.74) is 7.04. The molecule has 170 valence electrons. The number of non-ortho nitro benzene ring substituents is 1. The summed E-state index contributed by atoms with van der Waals surface area (Å²) in [6.45, 7) is -0.442. The molecule has 0 amide bonds. The van der Waals surface area contributed by atoms with Gasteiger partial charge in [0, 0.05) is 23.8 Å². The van der Waals surface area contributed by atoms with Gasteiger partial charge in [0.15, 0.2) is 6.61 Å². The van der Waals surface area contributed by atoms with Crippen molar-refractivity contribution in [2.75, 3.05) is 6.61 Å². The van der Waals surface area contributed by atoms with Gasteiger partial charge in [0.05, 0.1) is 10.8 Å². The fraction of sp³-hybridized carbons (Fsp3) is 0.0833. The normalized spacial score (nSPS) is 14.4. The molecule has 0 radical (unpaired) electrons. The molecule has 10 heteroatoms. The number of nitrogens with two attached hydrogens (primary N) is 1. The molecule has 0 spiro atoms. The SMILES string of the molecule is N#CC1=C(N)Oc2cc(OC(=O)COc3ccc([N+](=O)[O-])cc3)ccc2C1c1cccc(F)c1.